The van der Waals surface area contributed by atoms with E-state index in [-0.39, 0.29) is 5.91 Å². The van der Waals surface area contributed by atoms with Crippen LogP contribution >= 0.6 is 0 Å². The molecule has 1 aromatic heterocycles. The summed E-state index contributed by atoms with van der Waals surface area (Å²) in [5.74, 6) is 1.71. The van der Waals surface area contributed by atoms with Gasteiger partial charge in [-0.15, -0.1) is 0 Å². The molecule has 1 aliphatic carbocycles. The van der Waals surface area contributed by atoms with E-state index < -0.39 is 0 Å². The molecule has 4 rings (SSSR count). The molecule has 1 amide bonds. The summed E-state index contributed by atoms with van der Waals surface area (Å²) in [7, 11) is 0. The lowest BCUT2D eigenvalue weighted by molar-refractivity contribution is 0.0994. The molecule has 0 atom stereocenters. The van der Waals surface area contributed by atoms with E-state index in [1.807, 2.05) is 61.5 Å². The van der Waals surface area contributed by atoms with Crippen LogP contribution in [0.3, 0.4) is 0 Å². The molecule has 0 saturated heterocycles. The zero-order valence-corrected chi connectivity index (χ0v) is 18.6. The van der Waals surface area contributed by atoms with Gasteiger partial charge in [0.2, 0.25) is 0 Å². The van der Waals surface area contributed by atoms with Crippen LogP contribution in [0.1, 0.15) is 60.0 Å². The molecule has 0 aliphatic heterocycles. The van der Waals surface area contributed by atoms with Gasteiger partial charge in [0.1, 0.15) is 11.5 Å². The number of hydrazone groups is 1. The number of hydrogen-bond acceptors (Lipinski definition) is 5. The summed E-state index contributed by atoms with van der Waals surface area (Å²) in [4.78, 5) is 12.9. The van der Waals surface area contributed by atoms with Crippen molar-refractivity contribution in [1.82, 2.24) is 0 Å². The predicted molar refractivity (Wildman–Crippen MR) is 128 cm³/mol. The highest BCUT2D eigenvalue weighted by atomic mass is 16.5. The Morgan fingerprint density at radius 2 is 1.84 bits per heavy atom. The van der Waals surface area contributed by atoms with Gasteiger partial charge < -0.3 is 14.5 Å². The molecule has 0 spiro atoms. The first-order chi connectivity index (χ1) is 15.7. The third-order valence-corrected chi connectivity index (χ3v) is 5.50. The van der Waals surface area contributed by atoms with Crippen molar-refractivity contribution in [2.24, 2.45) is 5.10 Å². The van der Waals surface area contributed by atoms with Crippen LogP contribution in [0, 0.1) is 6.92 Å². The van der Waals surface area contributed by atoms with Crippen LogP contribution in [0.15, 0.2) is 64.1 Å². The summed E-state index contributed by atoms with van der Waals surface area (Å²) in [5, 5.41) is 7.55. The number of anilines is 2. The Kier molecular flexibility index (Phi) is 6.90. The second-order valence-corrected chi connectivity index (χ2v) is 7.92. The molecule has 1 heterocycles. The van der Waals surface area contributed by atoms with Gasteiger partial charge in [-0.3, -0.25) is 10.2 Å². The molecule has 1 aliphatic rings. The number of aryl methyl sites for hydroxylation is 1. The number of amides is 1. The Balaban J connectivity index is 1.48. The minimum Gasteiger partial charge on any atom is -0.494 e. The summed E-state index contributed by atoms with van der Waals surface area (Å²) < 4.78 is 11.7. The molecule has 0 bridgehead atoms. The van der Waals surface area contributed by atoms with Crippen molar-refractivity contribution in [2.75, 3.05) is 17.3 Å². The van der Waals surface area contributed by atoms with Crippen LogP contribution in [0.4, 0.5) is 11.4 Å². The van der Waals surface area contributed by atoms with Gasteiger partial charge in [0.25, 0.3) is 5.91 Å². The molecule has 0 unspecified atom stereocenters. The number of hydrogen-bond donors (Lipinski definition) is 2. The van der Waals surface area contributed by atoms with Crippen LogP contribution in [0.25, 0.3) is 0 Å². The highest BCUT2D eigenvalue weighted by Gasteiger charge is 2.28. The molecule has 2 aromatic carbocycles. The maximum absolute atomic E-state index is 12.9. The third-order valence-electron chi connectivity index (χ3n) is 5.50. The van der Waals surface area contributed by atoms with Crippen molar-refractivity contribution in [3.63, 3.8) is 0 Å². The molecule has 166 valence electrons. The highest BCUT2D eigenvalue weighted by molar-refractivity contribution is 6.09. The summed E-state index contributed by atoms with van der Waals surface area (Å²) in [5.41, 5.74) is 7.44. The maximum atomic E-state index is 12.9. The number of furan rings is 1. The van der Waals surface area contributed by atoms with Gasteiger partial charge in [0.15, 0.2) is 5.76 Å². The first kappa shape index (κ1) is 21.7. The predicted octanol–water partition coefficient (Wildman–Crippen LogP) is 6.17. The van der Waals surface area contributed by atoms with Crippen molar-refractivity contribution in [1.29, 1.82) is 0 Å². The standard InChI is InChI=1S/C26H29N3O3/c1-3-4-17-31-21-15-13-19(14-16-21)27-26(30)25-18(2)24-22(11-8-12-23(24)32-25)29-28-20-9-6-5-7-10-20/h5-7,9-10,13-16,28H,3-4,8,11-12,17H2,1-2H3,(H,27,30)/b29-22+. The number of nitrogens with one attached hydrogen (secondary N) is 2. The summed E-state index contributed by atoms with van der Waals surface area (Å²) >= 11 is 0. The van der Waals surface area contributed by atoms with E-state index in [0.717, 1.165) is 66.1 Å². The number of nitrogens with zero attached hydrogens (tertiary/aromatic N) is 1. The number of fused-ring (bicyclic) bond motifs is 1. The van der Waals surface area contributed by atoms with Crippen LogP contribution in [-0.2, 0) is 6.42 Å². The second-order valence-electron chi connectivity index (χ2n) is 7.92. The number of para-hydroxylation sites is 1. The quantitative estimate of drug-likeness (QED) is 0.330. The molecule has 0 saturated carbocycles. The van der Waals surface area contributed by atoms with Crippen LogP contribution in [0.2, 0.25) is 0 Å². The molecule has 0 fully saturated rings. The lowest BCUT2D eigenvalue weighted by Crippen LogP contribution is -2.14. The number of benzene rings is 2. The zero-order chi connectivity index (χ0) is 22.3. The fourth-order valence-corrected chi connectivity index (χ4v) is 3.80. The Morgan fingerprint density at radius 3 is 2.59 bits per heavy atom. The van der Waals surface area contributed by atoms with Crippen LogP contribution in [0.5, 0.6) is 5.75 Å². The minimum atomic E-state index is -0.257. The number of ether oxygens (including phenoxy) is 1. The first-order valence-corrected chi connectivity index (χ1v) is 11.2. The highest BCUT2D eigenvalue weighted by Crippen LogP contribution is 2.30. The molecule has 3 aromatic rings. The largest absolute Gasteiger partial charge is 0.494 e. The molecule has 32 heavy (non-hydrogen) atoms. The Hall–Kier alpha value is -3.54. The lowest BCUT2D eigenvalue weighted by atomic mass is 9.93. The van der Waals surface area contributed by atoms with E-state index in [2.05, 4.69) is 22.8 Å². The number of rotatable bonds is 8. The first-order valence-electron chi connectivity index (χ1n) is 11.2. The fourth-order valence-electron chi connectivity index (χ4n) is 3.80. The van der Waals surface area contributed by atoms with Gasteiger partial charge in [-0.25, -0.2) is 0 Å². The van der Waals surface area contributed by atoms with E-state index in [9.17, 15) is 4.79 Å². The molecular formula is C26H29N3O3. The molecule has 2 N–H and O–H groups in total. The van der Waals surface area contributed by atoms with Crippen molar-refractivity contribution >= 4 is 23.0 Å². The van der Waals surface area contributed by atoms with Gasteiger partial charge in [0, 0.05) is 23.2 Å². The van der Waals surface area contributed by atoms with Crippen LogP contribution in [-0.4, -0.2) is 18.2 Å². The van der Waals surface area contributed by atoms with Crippen molar-refractivity contribution in [2.45, 2.75) is 46.0 Å². The molecular weight excluding hydrogens is 402 g/mol. The number of unbranched alkanes of at least 4 members (excludes halogenated alkanes) is 1. The minimum absolute atomic E-state index is 0.257. The van der Waals surface area contributed by atoms with Gasteiger partial charge in [0.05, 0.1) is 18.0 Å². The molecule has 6 heteroatoms. The Labute approximate surface area is 188 Å². The van der Waals surface area contributed by atoms with Gasteiger partial charge in [-0.05, 0) is 62.6 Å². The van der Waals surface area contributed by atoms with Gasteiger partial charge >= 0.3 is 0 Å². The number of carbonyl (C=O) groups excluding carboxylic acids is 1. The summed E-state index contributed by atoms with van der Waals surface area (Å²) in [6, 6.07) is 17.2. The summed E-state index contributed by atoms with van der Waals surface area (Å²) in [6.45, 7) is 4.75. The average Bonchev–Trinajstić information content (AvgIpc) is 3.17. The third kappa shape index (κ3) is 5.02. The van der Waals surface area contributed by atoms with Crippen molar-refractivity contribution in [3.8, 4) is 5.75 Å². The molecule has 0 radical (unpaired) electrons. The Morgan fingerprint density at radius 1 is 1.06 bits per heavy atom. The van der Waals surface area contributed by atoms with E-state index >= 15 is 0 Å². The Bertz CT molecular complexity index is 1090. The van der Waals surface area contributed by atoms with Crippen molar-refractivity contribution < 1.29 is 13.9 Å². The molecule has 6 nitrogen and oxygen atoms in total. The number of carbonyl (C=O) groups is 1. The van der Waals surface area contributed by atoms with Gasteiger partial charge in [-0.2, -0.15) is 5.10 Å². The fraction of sp³-hybridized carbons (Fsp3) is 0.308. The van der Waals surface area contributed by atoms with Crippen molar-refractivity contribution in [3.05, 3.63) is 77.2 Å². The van der Waals surface area contributed by atoms with E-state index in [1.165, 1.54) is 0 Å². The van der Waals surface area contributed by atoms with Crippen LogP contribution < -0.4 is 15.5 Å². The van der Waals surface area contributed by atoms with E-state index in [4.69, 9.17) is 9.15 Å². The topological polar surface area (TPSA) is 75.9 Å². The second kappa shape index (κ2) is 10.2. The zero-order valence-electron chi connectivity index (χ0n) is 18.6. The SMILES string of the molecule is CCCCOc1ccc(NC(=O)c2oc3c(c2C)/C(=N/Nc2ccccc2)CCC3)cc1. The maximum Gasteiger partial charge on any atom is 0.291 e. The van der Waals surface area contributed by atoms with Gasteiger partial charge in [-0.1, -0.05) is 31.5 Å². The monoisotopic (exact) mass is 431 g/mol. The smallest absolute Gasteiger partial charge is 0.291 e. The lowest BCUT2D eigenvalue weighted by Gasteiger charge is -2.13. The normalized spacial score (nSPS) is 14.1. The van der Waals surface area contributed by atoms with E-state index in [1.54, 1.807) is 0 Å². The summed E-state index contributed by atoms with van der Waals surface area (Å²) in [6.07, 6.45) is 4.70. The average molecular weight is 432 g/mol. The van der Waals surface area contributed by atoms with E-state index in [0.29, 0.717) is 18.1 Å².